The van der Waals surface area contributed by atoms with Crippen molar-refractivity contribution in [1.82, 2.24) is 0 Å². The Morgan fingerprint density at radius 2 is 1.07 bits per heavy atom. The monoisotopic (exact) mass is 580 g/mol. The van der Waals surface area contributed by atoms with Gasteiger partial charge in [0.25, 0.3) is 0 Å². The first-order chi connectivity index (χ1) is 20.6. The molecule has 0 saturated heterocycles. The first kappa shape index (κ1) is 29.8. The van der Waals surface area contributed by atoms with E-state index in [1.54, 1.807) is 0 Å². The van der Waals surface area contributed by atoms with Crippen LogP contribution in [0.2, 0.25) is 0 Å². The zero-order chi connectivity index (χ0) is 30.6. The summed E-state index contributed by atoms with van der Waals surface area (Å²) >= 11 is 0. The Hall–Kier alpha value is -4.65. The lowest BCUT2D eigenvalue weighted by atomic mass is 9.91. The van der Waals surface area contributed by atoms with Crippen LogP contribution in [0.25, 0.3) is 11.1 Å². The highest BCUT2D eigenvalue weighted by molar-refractivity contribution is 6.50. The van der Waals surface area contributed by atoms with Gasteiger partial charge in [-0.3, -0.25) is 0 Å². The Kier molecular flexibility index (Phi) is 8.81. The van der Waals surface area contributed by atoms with Crippen LogP contribution in [-0.2, 0) is 0 Å². The van der Waals surface area contributed by atoms with Crippen molar-refractivity contribution in [3.8, 4) is 11.1 Å². The molecule has 0 amide bonds. The first-order valence-electron chi connectivity index (χ1n) is 14.2. The molecule has 0 radical (unpaired) electrons. The predicted octanol–water partition coefficient (Wildman–Crippen LogP) is 10.3. The van der Waals surface area contributed by atoms with E-state index in [-0.39, 0.29) is 12.1 Å². The summed E-state index contributed by atoms with van der Waals surface area (Å²) < 4.78 is 41.5. The largest absolute Gasteiger partial charge is 0.673 e. The van der Waals surface area contributed by atoms with Crippen molar-refractivity contribution < 1.29 is 21.8 Å². The fraction of sp³-hybridized carbons (Fsp3) is 0.139. The Morgan fingerprint density at radius 1 is 0.605 bits per heavy atom. The van der Waals surface area contributed by atoms with E-state index in [9.17, 15) is 17.3 Å². The zero-order valence-electron chi connectivity index (χ0n) is 24.3. The summed E-state index contributed by atoms with van der Waals surface area (Å²) in [6.45, 7) is 6.66. The Bertz CT molecular complexity index is 1680. The second kappa shape index (κ2) is 12.7. The van der Waals surface area contributed by atoms with E-state index in [2.05, 4.69) is 164 Å². The maximum absolute atomic E-state index is 9.75. The summed E-state index contributed by atoms with van der Waals surface area (Å²) in [5, 5.41) is 0. The van der Waals surface area contributed by atoms with Crippen molar-refractivity contribution in [2.24, 2.45) is 0 Å². The van der Waals surface area contributed by atoms with Crippen LogP contribution in [0.1, 0.15) is 39.9 Å². The third kappa shape index (κ3) is 6.88. The van der Waals surface area contributed by atoms with Gasteiger partial charge in [-0.2, -0.15) is 0 Å². The van der Waals surface area contributed by atoms with Crippen LogP contribution in [0.3, 0.4) is 0 Å². The SMILES string of the molecule is Cc1cc(C)c([N+]2=CN(c3ccccc3-c3ccccc3)[C@H](c3ccccc3)[C@H]2c2ccccc2)c(C)c1.F[B-](F)(F)F. The zero-order valence-corrected chi connectivity index (χ0v) is 24.3. The summed E-state index contributed by atoms with van der Waals surface area (Å²) in [6, 6.07) is 46.2. The summed E-state index contributed by atoms with van der Waals surface area (Å²) in [5.74, 6) is 0. The van der Waals surface area contributed by atoms with Crippen LogP contribution in [0.4, 0.5) is 28.6 Å². The summed E-state index contributed by atoms with van der Waals surface area (Å²) in [7, 11) is -6.00. The molecule has 6 rings (SSSR count). The van der Waals surface area contributed by atoms with Gasteiger partial charge in [-0.25, -0.2) is 9.48 Å². The van der Waals surface area contributed by atoms with E-state index < -0.39 is 7.25 Å². The van der Waals surface area contributed by atoms with Crippen molar-refractivity contribution in [3.05, 3.63) is 155 Å². The van der Waals surface area contributed by atoms with E-state index in [4.69, 9.17) is 0 Å². The molecule has 0 bridgehead atoms. The third-order valence-electron chi connectivity index (χ3n) is 7.59. The van der Waals surface area contributed by atoms with Gasteiger partial charge in [0.05, 0.1) is 0 Å². The molecule has 0 fully saturated rings. The number of para-hydroxylation sites is 1. The van der Waals surface area contributed by atoms with Gasteiger partial charge in [0.15, 0.2) is 12.1 Å². The van der Waals surface area contributed by atoms with Crippen LogP contribution in [-0.4, -0.2) is 18.2 Å². The number of aryl methyl sites for hydroxylation is 3. The van der Waals surface area contributed by atoms with Crippen LogP contribution >= 0.6 is 0 Å². The number of hydrogen-bond donors (Lipinski definition) is 0. The number of anilines is 1. The average Bonchev–Trinajstić information content (AvgIpc) is 3.37. The quantitative estimate of drug-likeness (QED) is 0.114. The number of nitrogens with zero attached hydrogens (tertiary/aromatic N) is 2. The molecular formula is C36H33BF4N2. The molecule has 218 valence electrons. The molecule has 0 unspecified atom stereocenters. The van der Waals surface area contributed by atoms with Gasteiger partial charge < -0.3 is 17.3 Å². The normalized spacial score (nSPS) is 16.3. The molecule has 43 heavy (non-hydrogen) atoms. The van der Waals surface area contributed by atoms with Crippen molar-refractivity contribution in [1.29, 1.82) is 0 Å². The molecular weight excluding hydrogens is 547 g/mol. The maximum atomic E-state index is 9.75. The number of hydrogen-bond acceptors (Lipinski definition) is 1. The first-order valence-corrected chi connectivity index (χ1v) is 14.2. The summed E-state index contributed by atoms with van der Waals surface area (Å²) in [4.78, 5) is 2.49. The molecule has 0 aliphatic carbocycles. The second-order valence-corrected chi connectivity index (χ2v) is 10.8. The Morgan fingerprint density at radius 3 is 1.63 bits per heavy atom. The molecule has 0 aromatic heterocycles. The molecule has 2 nitrogen and oxygen atoms in total. The third-order valence-corrected chi connectivity index (χ3v) is 7.59. The Balaban J connectivity index is 0.000000682. The van der Waals surface area contributed by atoms with Crippen LogP contribution in [0.5, 0.6) is 0 Å². The molecule has 2 atom stereocenters. The van der Waals surface area contributed by atoms with Gasteiger partial charge in [-0.15, -0.1) is 0 Å². The van der Waals surface area contributed by atoms with Gasteiger partial charge in [0.1, 0.15) is 11.4 Å². The van der Waals surface area contributed by atoms with Crippen LogP contribution in [0.15, 0.2) is 127 Å². The van der Waals surface area contributed by atoms with E-state index >= 15 is 0 Å². The highest BCUT2D eigenvalue weighted by atomic mass is 19.5. The average molecular weight is 580 g/mol. The maximum Gasteiger partial charge on any atom is 0.673 e. The molecule has 0 saturated carbocycles. The van der Waals surface area contributed by atoms with Crippen molar-refractivity contribution in [2.45, 2.75) is 32.9 Å². The topological polar surface area (TPSA) is 6.25 Å². The van der Waals surface area contributed by atoms with E-state index in [1.165, 1.54) is 50.3 Å². The van der Waals surface area contributed by atoms with Gasteiger partial charge in [-0.05, 0) is 43.5 Å². The molecule has 5 aromatic rings. The minimum Gasteiger partial charge on any atom is -0.418 e. The van der Waals surface area contributed by atoms with Crippen LogP contribution < -0.4 is 4.90 Å². The predicted molar refractivity (Wildman–Crippen MR) is 170 cm³/mol. The fourth-order valence-electron chi connectivity index (χ4n) is 6.12. The second-order valence-electron chi connectivity index (χ2n) is 10.8. The fourth-order valence-corrected chi connectivity index (χ4v) is 6.12. The van der Waals surface area contributed by atoms with Crippen LogP contribution in [0, 0.1) is 20.8 Å². The highest BCUT2D eigenvalue weighted by Crippen LogP contribution is 2.48. The summed E-state index contributed by atoms with van der Waals surface area (Å²) in [6.07, 6.45) is 2.35. The van der Waals surface area contributed by atoms with Crippen molar-refractivity contribution in [3.63, 3.8) is 0 Å². The van der Waals surface area contributed by atoms with Gasteiger partial charge in [0, 0.05) is 16.7 Å². The van der Waals surface area contributed by atoms with Gasteiger partial charge in [-0.1, -0.05) is 127 Å². The Labute approximate surface area is 250 Å². The molecule has 5 aromatic carbocycles. The number of benzene rings is 5. The molecule has 1 aliphatic rings. The highest BCUT2D eigenvalue weighted by Gasteiger charge is 2.47. The van der Waals surface area contributed by atoms with Crippen molar-refractivity contribution >= 4 is 25.0 Å². The summed E-state index contributed by atoms with van der Waals surface area (Å²) in [5.41, 5.74) is 11.4. The lowest BCUT2D eigenvalue weighted by molar-refractivity contribution is -0.482. The van der Waals surface area contributed by atoms with E-state index in [0.29, 0.717) is 0 Å². The van der Waals surface area contributed by atoms with E-state index in [0.717, 1.165) is 0 Å². The van der Waals surface area contributed by atoms with Gasteiger partial charge >= 0.3 is 7.25 Å². The molecule has 7 heteroatoms. The minimum absolute atomic E-state index is 0.0866. The molecule has 0 spiro atoms. The minimum atomic E-state index is -6.00. The standard InChI is InChI=1S/C36H33N2.BF4/c1-26-23-27(2)34(28(3)24-26)38-25-37(33-22-14-13-21-32(33)29-15-7-4-8-16-29)35(30-17-9-5-10-18-30)36(38)31-19-11-6-12-20-31;2-1(3,4)5/h4-25,35-36H,1-3H3;/q+1;-1/t35-,36-;/m1./s1. The lowest BCUT2D eigenvalue weighted by Gasteiger charge is -2.26. The molecule has 1 heterocycles. The number of rotatable bonds is 5. The van der Waals surface area contributed by atoms with E-state index in [1.807, 2.05) is 0 Å². The van der Waals surface area contributed by atoms with Gasteiger partial charge in [0.2, 0.25) is 6.34 Å². The lowest BCUT2D eigenvalue weighted by Crippen LogP contribution is -2.26. The molecule has 0 N–H and O–H groups in total. The smallest absolute Gasteiger partial charge is 0.418 e. The molecule has 1 aliphatic heterocycles. The van der Waals surface area contributed by atoms with Crippen molar-refractivity contribution in [2.75, 3.05) is 4.90 Å². The number of halogens is 4.